The van der Waals surface area contributed by atoms with Crippen LogP contribution in [0.15, 0.2) is 42.9 Å². The van der Waals surface area contributed by atoms with E-state index in [-0.39, 0.29) is 23.9 Å². The van der Waals surface area contributed by atoms with Crippen LogP contribution < -0.4 is 21.7 Å². The number of aryl methyl sites for hydroxylation is 2. The predicted molar refractivity (Wildman–Crippen MR) is 144 cm³/mol. The second-order valence-corrected chi connectivity index (χ2v) is 10.0. The van der Waals surface area contributed by atoms with Crippen molar-refractivity contribution in [2.24, 2.45) is 0 Å². The van der Waals surface area contributed by atoms with Crippen LogP contribution in [0.25, 0.3) is 11.1 Å². The van der Waals surface area contributed by atoms with Crippen molar-refractivity contribution in [2.45, 2.75) is 57.9 Å². The number of nitrogen functional groups attached to an aromatic ring is 1. The molecule has 37 heavy (non-hydrogen) atoms. The summed E-state index contributed by atoms with van der Waals surface area (Å²) < 4.78 is 8.25. The van der Waals surface area contributed by atoms with Gasteiger partial charge in [-0.2, -0.15) is 5.10 Å². The van der Waals surface area contributed by atoms with E-state index in [0.29, 0.717) is 31.3 Å². The van der Waals surface area contributed by atoms with Crippen molar-refractivity contribution >= 4 is 11.7 Å². The highest BCUT2D eigenvalue weighted by Crippen LogP contribution is 2.25. The minimum Gasteiger partial charge on any atom is -0.383 e. The Morgan fingerprint density at radius 1 is 1.16 bits per heavy atom. The highest BCUT2D eigenvalue weighted by Gasteiger charge is 2.30. The number of nitrogens with zero attached hydrogens (tertiary/aromatic N) is 3. The average molecular weight is 504 g/mol. The molecular formula is C28H37N7O2. The van der Waals surface area contributed by atoms with Crippen LogP contribution in [0, 0.1) is 6.92 Å². The van der Waals surface area contributed by atoms with Gasteiger partial charge in [-0.25, -0.2) is 4.98 Å². The van der Waals surface area contributed by atoms with E-state index in [1.54, 1.807) is 12.3 Å². The third-order valence-electron chi connectivity index (χ3n) is 7.51. The number of nitrogens with two attached hydrogens (primary N) is 1. The molecule has 3 aromatic rings. The zero-order valence-electron chi connectivity index (χ0n) is 21.7. The van der Waals surface area contributed by atoms with Crippen molar-refractivity contribution in [1.29, 1.82) is 0 Å². The Balaban J connectivity index is 1.24. The minimum absolute atomic E-state index is 0.129. The molecule has 2 aliphatic heterocycles. The topological polar surface area (TPSA) is 119 Å². The molecule has 2 saturated heterocycles. The molecule has 0 radical (unpaired) electrons. The van der Waals surface area contributed by atoms with E-state index in [9.17, 15) is 4.79 Å². The number of anilines is 1. The van der Waals surface area contributed by atoms with E-state index in [2.05, 4.69) is 58.1 Å². The molecule has 0 unspecified atom stereocenters. The number of rotatable bonds is 8. The van der Waals surface area contributed by atoms with Crippen molar-refractivity contribution < 1.29 is 9.53 Å². The molecule has 9 heteroatoms. The van der Waals surface area contributed by atoms with Crippen LogP contribution in [0.1, 0.15) is 52.9 Å². The monoisotopic (exact) mass is 503 g/mol. The molecule has 2 atom stereocenters. The molecule has 5 rings (SSSR count). The Kier molecular flexibility index (Phi) is 7.83. The minimum atomic E-state index is -0.247. The fourth-order valence-corrected chi connectivity index (χ4v) is 5.19. The highest BCUT2D eigenvalue weighted by molar-refractivity contribution is 5.99. The number of hydrogen-bond acceptors (Lipinski definition) is 7. The Morgan fingerprint density at radius 2 is 2.00 bits per heavy atom. The van der Waals surface area contributed by atoms with Crippen LogP contribution in [0.2, 0.25) is 0 Å². The van der Waals surface area contributed by atoms with Crippen LogP contribution in [0.5, 0.6) is 0 Å². The van der Waals surface area contributed by atoms with Gasteiger partial charge in [-0.05, 0) is 62.0 Å². The highest BCUT2D eigenvalue weighted by atomic mass is 16.5. The normalized spacial score (nSPS) is 20.3. The quantitative estimate of drug-likeness (QED) is 0.373. The maximum Gasteiger partial charge on any atom is 0.255 e. The molecule has 1 aromatic carbocycles. The maximum atomic E-state index is 13.3. The fourth-order valence-electron chi connectivity index (χ4n) is 5.19. The first kappa shape index (κ1) is 25.4. The van der Waals surface area contributed by atoms with Crippen LogP contribution in [-0.4, -0.2) is 59.0 Å². The number of hydrogen-bond donors (Lipinski definition) is 4. The van der Waals surface area contributed by atoms with Gasteiger partial charge in [0, 0.05) is 36.6 Å². The van der Waals surface area contributed by atoms with E-state index in [4.69, 9.17) is 10.5 Å². The molecule has 196 valence electrons. The number of carbonyl (C=O) groups is 1. The molecule has 0 aliphatic carbocycles. The zero-order chi connectivity index (χ0) is 25.8. The zero-order valence-corrected chi connectivity index (χ0v) is 21.7. The Bertz CT molecular complexity index is 1240. The van der Waals surface area contributed by atoms with Gasteiger partial charge >= 0.3 is 0 Å². The van der Waals surface area contributed by atoms with Crippen molar-refractivity contribution in [1.82, 2.24) is 30.7 Å². The smallest absolute Gasteiger partial charge is 0.255 e. The summed E-state index contributed by atoms with van der Waals surface area (Å²) in [6.45, 7) is 8.12. The van der Waals surface area contributed by atoms with Gasteiger partial charge in [0.2, 0.25) is 0 Å². The van der Waals surface area contributed by atoms with E-state index < -0.39 is 0 Å². The third kappa shape index (κ3) is 5.84. The second-order valence-electron chi connectivity index (χ2n) is 10.0. The Morgan fingerprint density at radius 3 is 2.81 bits per heavy atom. The van der Waals surface area contributed by atoms with Crippen molar-refractivity contribution in [2.75, 3.05) is 31.9 Å². The predicted octanol–water partition coefficient (Wildman–Crippen LogP) is 2.61. The first-order chi connectivity index (χ1) is 18.0. The summed E-state index contributed by atoms with van der Waals surface area (Å²) in [6.07, 6.45) is 8.54. The molecule has 0 saturated carbocycles. The maximum absolute atomic E-state index is 13.3. The molecule has 4 heterocycles. The number of pyridine rings is 1. The lowest BCUT2D eigenvalue weighted by Crippen LogP contribution is -2.44. The summed E-state index contributed by atoms with van der Waals surface area (Å²) in [5.74, 6) is -0.0364. The van der Waals surface area contributed by atoms with Gasteiger partial charge in [-0.15, -0.1) is 0 Å². The van der Waals surface area contributed by atoms with Crippen molar-refractivity contribution in [3.8, 4) is 11.1 Å². The summed E-state index contributed by atoms with van der Waals surface area (Å²) in [7, 11) is 0. The largest absolute Gasteiger partial charge is 0.383 e. The average Bonchev–Trinajstić information content (AvgIpc) is 3.59. The van der Waals surface area contributed by atoms with Gasteiger partial charge in [0.15, 0.2) is 0 Å². The number of ether oxygens (including phenoxy) is 1. The molecule has 0 bridgehead atoms. The third-order valence-corrected chi connectivity index (χ3v) is 7.51. The molecule has 0 spiro atoms. The molecule has 1 amide bonds. The summed E-state index contributed by atoms with van der Waals surface area (Å²) >= 11 is 0. The summed E-state index contributed by atoms with van der Waals surface area (Å²) in [4.78, 5) is 17.6. The van der Waals surface area contributed by atoms with Gasteiger partial charge < -0.3 is 26.4 Å². The van der Waals surface area contributed by atoms with E-state index >= 15 is 0 Å². The summed E-state index contributed by atoms with van der Waals surface area (Å²) in [5, 5.41) is 14.4. The van der Waals surface area contributed by atoms with E-state index in [0.717, 1.165) is 49.0 Å². The van der Waals surface area contributed by atoms with Gasteiger partial charge in [0.1, 0.15) is 5.82 Å². The molecule has 2 fully saturated rings. The van der Waals surface area contributed by atoms with Crippen LogP contribution >= 0.6 is 0 Å². The first-order valence-corrected chi connectivity index (χ1v) is 13.2. The van der Waals surface area contributed by atoms with Crippen molar-refractivity contribution in [3.05, 3.63) is 65.1 Å². The van der Waals surface area contributed by atoms with Crippen LogP contribution in [0.4, 0.5) is 5.82 Å². The number of benzene rings is 1. The SMILES string of the molecule is CCc1cc(CO[C@H]2CNC[C@@H]2NC(=O)c2cc(-c3cnn(C4CCNCC4)c3)cnc2N)ccc1C. The molecule has 2 aliphatic rings. The first-order valence-electron chi connectivity index (χ1n) is 13.2. The lowest BCUT2D eigenvalue weighted by Gasteiger charge is -2.22. The van der Waals surface area contributed by atoms with E-state index in [1.807, 2.05) is 17.1 Å². The van der Waals surface area contributed by atoms with Crippen molar-refractivity contribution in [3.63, 3.8) is 0 Å². The van der Waals surface area contributed by atoms with Crippen LogP contribution in [-0.2, 0) is 17.8 Å². The standard InChI is InChI=1S/C28H37N7O2/c1-3-20-10-19(5-4-18(20)2)17-37-26-15-31-14-25(26)34-28(36)24-11-21(12-32-27(24)29)22-13-33-35(16-22)23-6-8-30-9-7-23/h4-5,10-13,16,23,25-26,30-31H,3,6-9,14-15,17H2,1-2H3,(H2,29,32)(H,34,36)/t25-,26-/m0/s1. The summed E-state index contributed by atoms with van der Waals surface area (Å²) in [6, 6.07) is 8.49. The molecular weight excluding hydrogens is 466 g/mol. The Hall–Kier alpha value is -3.27. The summed E-state index contributed by atoms with van der Waals surface area (Å²) in [5.41, 5.74) is 12.0. The number of nitrogens with one attached hydrogen (secondary N) is 3. The Labute approximate surface area is 218 Å². The van der Waals surface area contributed by atoms with Gasteiger partial charge in [-0.3, -0.25) is 9.48 Å². The lowest BCUT2D eigenvalue weighted by molar-refractivity contribution is 0.0357. The second kappa shape index (κ2) is 11.4. The fraction of sp³-hybridized carbons (Fsp3) is 0.464. The van der Waals surface area contributed by atoms with Crippen LogP contribution in [0.3, 0.4) is 0 Å². The number of piperidine rings is 1. The molecule has 9 nitrogen and oxygen atoms in total. The molecule has 2 aromatic heterocycles. The number of aromatic nitrogens is 3. The number of carbonyl (C=O) groups excluding carboxylic acids is 1. The van der Waals surface area contributed by atoms with Gasteiger partial charge in [-0.1, -0.05) is 25.1 Å². The van der Waals surface area contributed by atoms with E-state index in [1.165, 1.54) is 11.1 Å². The lowest BCUT2D eigenvalue weighted by atomic mass is 10.0. The van der Waals surface area contributed by atoms with Gasteiger partial charge in [0.25, 0.3) is 5.91 Å². The number of amides is 1. The van der Waals surface area contributed by atoms with Gasteiger partial charge in [0.05, 0.1) is 36.6 Å². The molecule has 5 N–H and O–H groups in total.